The first-order valence-corrected chi connectivity index (χ1v) is 20.6. The molecule has 12 nitrogen and oxygen atoms in total. The molecule has 0 unspecified atom stereocenters. The molecule has 51 heavy (non-hydrogen) atoms. The summed E-state index contributed by atoms with van der Waals surface area (Å²) >= 11 is 0. The van der Waals surface area contributed by atoms with Gasteiger partial charge in [0.15, 0.2) is 8.32 Å². The molecule has 1 N–H and O–H groups in total. The second-order valence-electron chi connectivity index (χ2n) is 16.5. The van der Waals surface area contributed by atoms with Crippen LogP contribution in [0, 0.1) is 18.3 Å². The Morgan fingerprint density at radius 3 is 2.47 bits per heavy atom. The van der Waals surface area contributed by atoms with Crippen molar-refractivity contribution in [2.75, 3.05) is 56.2 Å². The molecule has 0 radical (unpaired) electrons. The van der Waals surface area contributed by atoms with Gasteiger partial charge in [0.05, 0.1) is 30.2 Å². The average Bonchev–Trinajstić information content (AvgIpc) is 3.36. The predicted octanol–water partition coefficient (Wildman–Crippen LogP) is 6.60. The maximum absolute atomic E-state index is 13.6. The molecule has 1 atom stereocenters. The lowest BCUT2D eigenvalue weighted by atomic mass is 9.83. The molecule has 1 amide bonds. The van der Waals surface area contributed by atoms with Crippen LogP contribution in [0.25, 0.3) is 11.3 Å². The van der Waals surface area contributed by atoms with Gasteiger partial charge < -0.3 is 23.8 Å². The van der Waals surface area contributed by atoms with Crippen LogP contribution in [0.3, 0.4) is 0 Å². The third-order valence-electron chi connectivity index (χ3n) is 10.0. The van der Waals surface area contributed by atoms with Crippen molar-refractivity contribution in [3.05, 3.63) is 63.7 Å². The first kappa shape index (κ1) is 38.1. The lowest BCUT2D eigenvalue weighted by Gasteiger charge is -2.39. The molecule has 2 aromatic heterocycles. The minimum atomic E-state index is -2.16. The zero-order chi connectivity index (χ0) is 37.4. The highest BCUT2D eigenvalue weighted by atomic mass is 28.4. The van der Waals surface area contributed by atoms with E-state index in [-0.39, 0.29) is 16.5 Å². The number of anilines is 3. The number of benzene rings is 1. The number of rotatable bonds is 9. The average molecular weight is 716 g/mol. The number of ether oxygens (including phenoxy) is 2. The molecule has 2 aliphatic rings. The third-order valence-corrected chi connectivity index (χ3v) is 14.5. The lowest BCUT2D eigenvalue weighted by molar-refractivity contribution is 0.0363. The maximum atomic E-state index is 13.6. The van der Waals surface area contributed by atoms with Gasteiger partial charge in [-0.15, -0.1) is 0 Å². The van der Waals surface area contributed by atoms with E-state index in [1.807, 2.05) is 40.0 Å². The maximum Gasteiger partial charge on any atom is 0.414 e. The van der Waals surface area contributed by atoms with Gasteiger partial charge in [-0.1, -0.05) is 27.7 Å². The summed E-state index contributed by atoms with van der Waals surface area (Å²) < 4.78 is 19.7. The van der Waals surface area contributed by atoms with E-state index in [0.717, 1.165) is 30.8 Å². The number of hydrogen-bond donors (Lipinski definition) is 1. The fourth-order valence-corrected chi connectivity index (χ4v) is 7.21. The number of aryl methyl sites for hydroxylation is 1. The van der Waals surface area contributed by atoms with Gasteiger partial charge in [-0.2, -0.15) is 5.26 Å². The molecule has 4 heterocycles. The lowest BCUT2D eigenvalue weighted by Crippen LogP contribution is -2.46. The summed E-state index contributed by atoms with van der Waals surface area (Å²) in [6.45, 7) is 25.6. The normalized spacial score (nSPS) is 18.3. The minimum Gasteiger partial charge on any atom is -0.443 e. The highest BCUT2D eigenvalue weighted by molar-refractivity contribution is 6.74. The SMILES string of the molecule is Cc1cc(Nc2nccc(-c3cc(C#N)c4c(c3)[C@@](C)(CO[Si](C)(C)C(C)(C)C)CN4C(=O)OC(C)(C)C)n2)c(=O)n(CCN2CCOCC2)c1. The molecule has 3 aromatic rings. The molecule has 274 valence electrons. The summed E-state index contributed by atoms with van der Waals surface area (Å²) in [5.74, 6) is 0.258. The van der Waals surface area contributed by atoms with Crippen molar-refractivity contribution in [3.8, 4) is 17.3 Å². The molecule has 0 bridgehead atoms. The summed E-state index contributed by atoms with van der Waals surface area (Å²) in [5, 5.41) is 13.6. The van der Waals surface area contributed by atoms with Crippen LogP contribution in [0.15, 0.2) is 41.5 Å². The molecule has 0 aliphatic carbocycles. The Labute approximate surface area is 302 Å². The van der Waals surface area contributed by atoms with Crippen LogP contribution in [0.5, 0.6) is 0 Å². The molecular weight excluding hydrogens is 663 g/mol. The number of carbonyl (C=O) groups is 1. The van der Waals surface area contributed by atoms with Gasteiger partial charge in [0.1, 0.15) is 17.4 Å². The largest absolute Gasteiger partial charge is 0.443 e. The Morgan fingerprint density at radius 1 is 1.12 bits per heavy atom. The number of hydrogen-bond acceptors (Lipinski definition) is 10. The van der Waals surface area contributed by atoms with Crippen molar-refractivity contribution in [1.29, 1.82) is 5.26 Å². The Bertz CT molecular complexity index is 1870. The topological polar surface area (TPSA) is 135 Å². The molecule has 13 heteroatoms. The van der Waals surface area contributed by atoms with Crippen LogP contribution < -0.4 is 15.8 Å². The smallest absolute Gasteiger partial charge is 0.414 e. The van der Waals surface area contributed by atoms with E-state index in [2.05, 4.69) is 62.1 Å². The molecule has 5 rings (SSSR count). The Kier molecular flexibility index (Phi) is 10.8. The van der Waals surface area contributed by atoms with Crippen molar-refractivity contribution in [2.45, 2.75) is 91.1 Å². The van der Waals surface area contributed by atoms with E-state index in [0.29, 0.717) is 61.1 Å². The van der Waals surface area contributed by atoms with Crippen molar-refractivity contribution in [2.24, 2.45) is 0 Å². The van der Waals surface area contributed by atoms with E-state index >= 15 is 0 Å². The number of pyridine rings is 1. The van der Waals surface area contributed by atoms with Crippen LogP contribution in [0.1, 0.15) is 65.2 Å². The van der Waals surface area contributed by atoms with E-state index in [1.165, 1.54) is 0 Å². The molecule has 1 saturated heterocycles. The number of fused-ring (bicyclic) bond motifs is 1. The van der Waals surface area contributed by atoms with Gasteiger partial charge >= 0.3 is 6.09 Å². The number of aromatic nitrogens is 3. The van der Waals surface area contributed by atoms with Gasteiger partial charge in [0.2, 0.25) is 5.95 Å². The quantitative estimate of drug-likeness (QED) is 0.242. The fraction of sp³-hybridized carbons (Fsp3) is 0.553. The Morgan fingerprint density at radius 2 is 1.82 bits per heavy atom. The van der Waals surface area contributed by atoms with Crippen LogP contribution in [-0.2, 0) is 25.9 Å². The number of nitrogens with zero attached hydrogens (tertiary/aromatic N) is 6. The van der Waals surface area contributed by atoms with Crippen molar-refractivity contribution in [1.82, 2.24) is 19.4 Å². The molecular formula is C38H53N7O5Si. The van der Waals surface area contributed by atoms with E-state index in [1.54, 1.807) is 33.9 Å². The van der Waals surface area contributed by atoms with E-state index in [9.17, 15) is 14.9 Å². The summed E-state index contributed by atoms with van der Waals surface area (Å²) in [4.78, 5) is 40.2. The molecule has 1 fully saturated rings. The second kappa shape index (κ2) is 14.5. The number of carbonyl (C=O) groups excluding carboxylic acids is 1. The monoisotopic (exact) mass is 715 g/mol. The van der Waals surface area contributed by atoms with Crippen LogP contribution in [0.4, 0.5) is 22.1 Å². The summed E-state index contributed by atoms with van der Waals surface area (Å²) in [7, 11) is -2.16. The highest BCUT2D eigenvalue weighted by Crippen LogP contribution is 2.47. The molecule has 0 saturated carbocycles. The van der Waals surface area contributed by atoms with Crippen molar-refractivity contribution < 1.29 is 18.7 Å². The van der Waals surface area contributed by atoms with E-state index < -0.39 is 25.4 Å². The van der Waals surface area contributed by atoms with Gasteiger partial charge in [0.25, 0.3) is 5.56 Å². The van der Waals surface area contributed by atoms with Gasteiger partial charge in [-0.05, 0) is 81.2 Å². The van der Waals surface area contributed by atoms with Gasteiger partial charge in [-0.25, -0.2) is 14.8 Å². The summed E-state index contributed by atoms with van der Waals surface area (Å²) in [6.07, 6.45) is 2.99. The predicted molar refractivity (Wildman–Crippen MR) is 202 cm³/mol. The van der Waals surface area contributed by atoms with Crippen LogP contribution >= 0.6 is 0 Å². The Hall–Kier alpha value is -4.09. The Balaban J connectivity index is 1.49. The van der Waals surface area contributed by atoms with Crippen LogP contribution in [0.2, 0.25) is 18.1 Å². The number of morpholine rings is 1. The van der Waals surface area contributed by atoms with Gasteiger partial charge in [-0.3, -0.25) is 14.6 Å². The number of nitrogens with one attached hydrogen (secondary N) is 1. The molecule has 2 aliphatic heterocycles. The first-order valence-electron chi connectivity index (χ1n) is 17.6. The third kappa shape index (κ3) is 8.69. The number of amides is 1. The standard InChI is InChI=1S/C38H53N7O5Si/c1-26-19-31(33(46)44(23-26)14-13-43-15-17-48-18-16-43)42-34-40-12-11-30(41-34)27-20-28(22-39)32-29(21-27)38(8,25-49-51(9,10)37(5,6)7)24-45(32)35(47)50-36(2,3)4/h11-12,19-21,23H,13-18,24-25H2,1-10H3,(H,40,41,42)/t38-/m1/s1. The zero-order valence-electron chi connectivity index (χ0n) is 31.8. The zero-order valence-corrected chi connectivity index (χ0v) is 32.8. The highest BCUT2D eigenvalue weighted by Gasteiger charge is 2.47. The first-order chi connectivity index (χ1) is 23.8. The minimum absolute atomic E-state index is 0.0110. The fourth-order valence-electron chi connectivity index (χ4n) is 6.10. The second-order valence-corrected chi connectivity index (χ2v) is 21.3. The van der Waals surface area contributed by atoms with Gasteiger partial charge in [0, 0.05) is 62.7 Å². The molecule has 0 spiro atoms. The number of nitriles is 1. The van der Waals surface area contributed by atoms with Crippen molar-refractivity contribution >= 4 is 31.7 Å². The van der Waals surface area contributed by atoms with Crippen LogP contribution in [-0.4, -0.2) is 85.4 Å². The van der Waals surface area contributed by atoms with Crippen molar-refractivity contribution in [3.63, 3.8) is 0 Å². The summed E-state index contributed by atoms with van der Waals surface area (Å²) in [5.41, 5.74) is 2.73. The van der Waals surface area contributed by atoms with E-state index in [4.69, 9.17) is 18.9 Å². The molecule has 1 aromatic carbocycles. The summed E-state index contributed by atoms with van der Waals surface area (Å²) in [6, 6.07) is 9.64.